The topological polar surface area (TPSA) is 68.2 Å². The summed E-state index contributed by atoms with van der Waals surface area (Å²) in [7, 11) is 2.80. The molecule has 0 amide bonds. The first-order valence-electron chi connectivity index (χ1n) is 5.57. The smallest absolute Gasteiger partial charge is 0.215 e. The van der Waals surface area contributed by atoms with Crippen LogP contribution in [0.5, 0.6) is 34.5 Å². The molecule has 0 bridgehead atoms. The first kappa shape index (κ1) is 12.9. The normalized spacial score (nSPS) is 10.0. The van der Waals surface area contributed by atoms with Crippen LogP contribution in [0.15, 0.2) is 36.4 Å². The highest BCUT2D eigenvalue weighted by Gasteiger charge is 2.21. The van der Waals surface area contributed by atoms with Gasteiger partial charge in [-0.15, -0.1) is 0 Å². The number of aromatic hydroxyl groups is 2. The van der Waals surface area contributed by atoms with Gasteiger partial charge in [-0.1, -0.05) is 18.2 Å². The molecule has 2 rings (SSSR count). The minimum absolute atomic E-state index is 0.0145. The first-order chi connectivity index (χ1) is 9.17. The van der Waals surface area contributed by atoms with Crippen molar-refractivity contribution in [2.24, 2.45) is 0 Å². The maximum Gasteiger partial charge on any atom is 0.215 e. The predicted octanol–water partition coefficient (Wildman–Crippen LogP) is 2.91. The predicted molar refractivity (Wildman–Crippen MR) is 69.4 cm³/mol. The summed E-state index contributed by atoms with van der Waals surface area (Å²) < 4.78 is 15.8. The molecular formula is C14H14O5. The highest BCUT2D eigenvalue weighted by Crippen LogP contribution is 2.50. The zero-order chi connectivity index (χ0) is 13.8. The quantitative estimate of drug-likeness (QED) is 0.829. The standard InChI is InChI=1S/C14H14O5/c1-17-11-8-10(15)12(16)14(18-2)13(11)19-9-6-4-3-5-7-9/h3-8,15-16H,1-2H3. The van der Waals surface area contributed by atoms with Crippen LogP contribution in [0.4, 0.5) is 0 Å². The Labute approximate surface area is 110 Å². The van der Waals surface area contributed by atoms with E-state index in [0.29, 0.717) is 5.75 Å². The number of benzene rings is 2. The molecule has 0 aromatic heterocycles. The molecule has 0 aliphatic heterocycles. The van der Waals surface area contributed by atoms with E-state index in [2.05, 4.69) is 0 Å². The van der Waals surface area contributed by atoms with Gasteiger partial charge in [0.2, 0.25) is 17.2 Å². The van der Waals surface area contributed by atoms with E-state index in [9.17, 15) is 10.2 Å². The van der Waals surface area contributed by atoms with E-state index in [1.807, 2.05) is 18.2 Å². The van der Waals surface area contributed by atoms with Crippen molar-refractivity contribution in [3.05, 3.63) is 36.4 Å². The summed E-state index contributed by atoms with van der Waals surface area (Å²) in [6, 6.07) is 10.3. The van der Waals surface area contributed by atoms with Crippen molar-refractivity contribution in [1.29, 1.82) is 0 Å². The van der Waals surface area contributed by atoms with Gasteiger partial charge in [0.1, 0.15) is 5.75 Å². The Morgan fingerprint density at radius 3 is 2.16 bits per heavy atom. The molecule has 5 nitrogen and oxygen atoms in total. The maximum atomic E-state index is 9.77. The average Bonchev–Trinajstić information content (AvgIpc) is 2.44. The Morgan fingerprint density at radius 2 is 1.58 bits per heavy atom. The SMILES string of the molecule is COc1cc(O)c(O)c(OC)c1Oc1ccccc1. The molecule has 0 spiro atoms. The highest BCUT2D eigenvalue weighted by molar-refractivity contribution is 5.65. The van der Waals surface area contributed by atoms with Crippen LogP contribution in [0.3, 0.4) is 0 Å². The molecular weight excluding hydrogens is 248 g/mol. The van der Waals surface area contributed by atoms with Crippen molar-refractivity contribution in [2.75, 3.05) is 14.2 Å². The third-order valence-electron chi connectivity index (χ3n) is 2.54. The Kier molecular flexibility index (Phi) is 3.66. The Hall–Kier alpha value is -2.56. The minimum atomic E-state index is -0.394. The van der Waals surface area contributed by atoms with Gasteiger partial charge in [-0.25, -0.2) is 0 Å². The number of hydrogen-bond donors (Lipinski definition) is 2. The molecule has 2 aromatic carbocycles. The summed E-state index contributed by atoms with van der Waals surface area (Å²) in [5.41, 5.74) is 0. The van der Waals surface area contributed by atoms with E-state index >= 15 is 0 Å². The van der Waals surface area contributed by atoms with Crippen molar-refractivity contribution >= 4 is 0 Å². The fourth-order valence-corrected chi connectivity index (χ4v) is 1.64. The lowest BCUT2D eigenvalue weighted by atomic mass is 10.2. The minimum Gasteiger partial charge on any atom is -0.504 e. The van der Waals surface area contributed by atoms with Crippen LogP contribution >= 0.6 is 0 Å². The van der Waals surface area contributed by atoms with Gasteiger partial charge in [0.25, 0.3) is 0 Å². The largest absolute Gasteiger partial charge is 0.504 e. The van der Waals surface area contributed by atoms with Crippen molar-refractivity contribution in [3.63, 3.8) is 0 Å². The summed E-state index contributed by atoms with van der Waals surface area (Å²) in [6.07, 6.45) is 0. The summed E-state index contributed by atoms with van der Waals surface area (Å²) in [5, 5.41) is 19.3. The number of methoxy groups -OCH3 is 2. The molecule has 0 heterocycles. The number of rotatable bonds is 4. The van der Waals surface area contributed by atoms with Crippen LogP contribution in [0.25, 0.3) is 0 Å². The molecule has 0 unspecified atom stereocenters. The molecule has 0 atom stereocenters. The first-order valence-corrected chi connectivity index (χ1v) is 5.57. The van der Waals surface area contributed by atoms with Gasteiger partial charge in [-0.2, -0.15) is 0 Å². The lowest BCUT2D eigenvalue weighted by Gasteiger charge is -2.15. The monoisotopic (exact) mass is 262 g/mol. The highest BCUT2D eigenvalue weighted by atomic mass is 16.5. The van der Waals surface area contributed by atoms with E-state index in [0.717, 1.165) is 0 Å². The average molecular weight is 262 g/mol. The Bertz CT molecular complexity index is 566. The fourth-order valence-electron chi connectivity index (χ4n) is 1.64. The van der Waals surface area contributed by atoms with Gasteiger partial charge in [0.05, 0.1) is 14.2 Å². The van der Waals surface area contributed by atoms with Crippen LogP contribution in [-0.4, -0.2) is 24.4 Å². The van der Waals surface area contributed by atoms with Gasteiger partial charge in [0, 0.05) is 6.07 Å². The summed E-state index contributed by atoms with van der Waals surface area (Å²) in [5.74, 6) is 0.302. The second kappa shape index (κ2) is 5.39. The van der Waals surface area contributed by atoms with Crippen LogP contribution < -0.4 is 14.2 Å². The van der Waals surface area contributed by atoms with E-state index in [-0.39, 0.29) is 23.0 Å². The molecule has 2 N–H and O–H groups in total. The number of hydrogen-bond acceptors (Lipinski definition) is 5. The molecule has 2 aromatic rings. The van der Waals surface area contributed by atoms with E-state index in [1.165, 1.54) is 20.3 Å². The summed E-state index contributed by atoms with van der Waals surface area (Å²) >= 11 is 0. The van der Waals surface area contributed by atoms with E-state index < -0.39 is 5.75 Å². The number of phenolic OH excluding ortho intramolecular Hbond substituents is 2. The molecule has 0 aliphatic rings. The zero-order valence-electron chi connectivity index (χ0n) is 10.6. The van der Waals surface area contributed by atoms with Gasteiger partial charge >= 0.3 is 0 Å². The fraction of sp³-hybridized carbons (Fsp3) is 0.143. The van der Waals surface area contributed by atoms with Gasteiger partial charge in [-0.05, 0) is 12.1 Å². The number of para-hydroxylation sites is 1. The van der Waals surface area contributed by atoms with Gasteiger partial charge in [0.15, 0.2) is 11.5 Å². The van der Waals surface area contributed by atoms with Gasteiger partial charge < -0.3 is 24.4 Å². The second-order valence-electron chi connectivity index (χ2n) is 3.72. The third kappa shape index (κ3) is 2.49. The van der Waals surface area contributed by atoms with Crippen LogP contribution in [0.2, 0.25) is 0 Å². The third-order valence-corrected chi connectivity index (χ3v) is 2.54. The molecule has 19 heavy (non-hydrogen) atoms. The summed E-state index contributed by atoms with van der Waals surface area (Å²) in [6.45, 7) is 0. The van der Waals surface area contributed by atoms with E-state index in [1.54, 1.807) is 12.1 Å². The van der Waals surface area contributed by atoms with Crippen LogP contribution in [0, 0.1) is 0 Å². The van der Waals surface area contributed by atoms with Crippen LogP contribution in [-0.2, 0) is 0 Å². The van der Waals surface area contributed by atoms with Crippen molar-refractivity contribution in [3.8, 4) is 34.5 Å². The van der Waals surface area contributed by atoms with E-state index in [4.69, 9.17) is 14.2 Å². The Balaban J connectivity index is 2.51. The lowest BCUT2D eigenvalue weighted by Crippen LogP contribution is -1.95. The number of ether oxygens (including phenoxy) is 3. The molecule has 0 aliphatic carbocycles. The lowest BCUT2D eigenvalue weighted by molar-refractivity contribution is 0.314. The van der Waals surface area contributed by atoms with Crippen molar-refractivity contribution in [2.45, 2.75) is 0 Å². The Morgan fingerprint density at radius 1 is 0.895 bits per heavy atom. The second-order valence-corrected chi connectivity index (χ2v) is 3.72. The molecule has 5 heteroatoms. The zero-order valence-corrected chi connectivity index (χ0v) is 10.6. The number of phenols is 2. The molecule has 100 valence electrons. The maximum absolute atomic E-state index is 9.77. The molecule has 0 radical (unpaired) electrons. The molecule has 0 saturated carbocycles. The summed E-state index contributed by atoms with van der Waals surface area (Å²) in [4.78, 5) is 0. The molecule has 0 fully saturated rings. The van der Waals surface area contributed by atoms with Crippen molar-refractivity contribution in [1.82, 2.24) is 0 Å². The van der Waals surface area contributed by atoms with Crippen molar-refractivity contribution < 1.29 is 24.4 Å². The van der Waals surface area contributed by atoms with Crippen LogP contribution in [0.1, 0.15) is 0 Å². The van der Waals surface area contributed by atoms with Gasteiger partial charge in [-0.3, -0.25) is 0 Å². The molecule has 0 saturated heterocycles.